The Kier molecular flexibility index (Phi) is 3.81. The topological polar surface area (TPSA) is 30.2 Å². The van der Waals surface area contributed by atoms with Crippen LogP contribution in [0.25, 0.3) is 0 Å². The summed E-state index contributed by atoms with van der Waals surface area (Å²) in [6.45, 7) is 2.24. The second-order valence-electron chi connectivity index (χ2n) is 4.85. The number of hydrogen-bond donors (Lipinski definition) is 0. The van der Waals surface area contributed by atoms with E-state index in [1.165, 1.54) is 25.7 Å². The summed E-state index contributed by atoms with van der Waals surface area (Å²) in [5.41, 5.74) is 0. The Labute approximate surface area is 97.0 Å². The molecule has 16 heavy (non-hydrogen) atoms. The van der Waals surface area contributed by atoms with Gasteiger partial charge in [-0.2, -0.15) is 0 Å². The summed E-state index contributed by atoms with van der Waals surface area (Å²) in [7, 11) is 0. The van der Waals surface area contributed by atoms with Crippen LogP contribution >= 0.6 is 0 Å². The van der Waals surface area contributed by atoms with Gasteiger partial charge in [0.15, 0.2) is 5.76 Å². The molecule has 1 fully saturated rings. The Balaban J connectivity index is 1.87. The number of carbonyl (C=O) groups excluding carboxylic acids is 1. The molecule has 2 rings (SSSR count). The van der Waals surface area contributed by atoms with E-state index in [0.717, 1.165) is 18.8 Å². The predicted molar refractivity (Wildman–Crippen MR) is 63.4 cm³/mol. The van der Waals surface area contributed by atoms with Gasteiger partial charge in [0.05, 0.1) is 6.26 Å². The lowest BCUT2D eigenvalue weighted by atomic mass is 9.78. The number of ketones is 1. The van der Waals surface area contributed by atoms with Crippen LogP contribution in [-0.2, 0) is 0 Å². The summed E-state index contributed by atoms with van der Waals surface area (Å²) >= 11 is 0. The van der Waals surface area contributed by atoms with Crippen molar-refractivity contribution in [3.63, 3.8) is 0 Å². The van der Waals surface area contributed by atoms with E-state index < -0.39 is 0 Å². The van der Waals surface area contributed by atoms with Crippen molar-refractivity contribution in [2.45, 2.75) is 45.4 Å². The van der Waals surface area contributed by atoms with Crippen molar-refractivity contribution in [1.29, 1.82) is 0 Å². The van der Waals surface area contributed by atoms with Gasteiger partial charge in [-0.25, -0.2) is 0 Å². The van der Waals surface area contributed by atoms with Crippen molar-refractivity contribution in [1.82, 2.24) is 0 Å². The number of carbonyl (C=O) groups is 1. The average Bonchev–Trinajstić information content (AvgIpc) is 2.83. The van der Waals surface area contributed by atoms with Crippen molar-refractivity contribution >= 4 is 5.78 Å². The molecule has 0 N–H and O–H groups in total. The van der Waals surface area contributed by atoms with Crippen LogP contribution in [0.3, 0.4) is 0 Å². The van der Waals surface area contributed by atoms with Crippen molar-refractivity contribution in [2.75, 3.05) is 0 Å². The first-order valence-electron chi connectivity index (χ1n) is 6.39. The normalized spacial score (nSPS) is 25.6. The van der Waals surface area contributed by atoms with E-state index in [1.807, 2.05) is 0 Å². The predicted octanol–water partition coefficient (Wildman–Crippen LogP) is 4.07. The van der Waals surface area contributed by atoms with Crippen LogP contribution in [-0.4, -0.2) is 5.78 Å². The van der Waals surface area contributed by atoms with Gasteiger partial charge in [-0.05, 0) is 43.7 Å². The van der Waals surface area contributed by atoms with Crippen molar-refractivity contribution in [3.05, 3.63) is 24.2 Å². The third-order valence-electron chi connectivity index (χ3n) is 3.68. The molecule has 88 valence electrons. The lowest BCUT2D eigenvalue weighted by Gasteiger charge is -2.26. The average molecular weight is 220 g/mol. The monoisotopic (exact) mass is 220 g/mol. The molecule has 0 spiro atoms. The van der Waals surface area contributed by atoms with E-state index in [0.29, 0.717) is 5.76 Å². The molecule has 1 heterocycles. The summed E-state index contributed by atoms with van der Waals surface area (Å²) in [6, 6.07) is 3.57. The van der Waals surface area contributed by atoms with Crippen LogP contribution in [0.1, 0.15) is 56.0 Å². The highest BCUT2D eigenvalue weighted by Gasteiger charge is 2.27. The van der Waals surface area contributed by atoms with Crippen LogP contribution in [0.4, 0.5) is 0 Å². The summed E-state index contributed by atoms with van der Waals surface area (Å²) in [5.74, 6) is 1.81. The fourth-order valence-corrected chi connectivity index (χ4v) is 2.74. The second kappa shape index (κ2) is 5.33. The lowest BCUT2D eigenvalue weighted by Crippen LogP contribution is -2.21. The summed E-state index contributed by atoms with van der Waals surface area (Å²) in [5, 5.41) is 0. The molecule has 0 radical (unpaired) electrons. The first-order valence-corrected chi connectivity index (χ1v) is 6.39. The molecule has 0 unspecified atom stereocenters. The van der Waals surface area contributed by atoms with Crippen molar-refractivity contribution in [2.24, 2.45) is 11.8 Å². The number of furan rings is 1. The molecule has 2 heteroatoms. The van der Waals surface area contributed by atoms with Gasteiger partial charge in [0.2, 0.25) is 5.78 Å². The Morgan fingerprint density at radius 3 is 2.69 bits per heavy atom. The molecular weight excluding hydrogens is 200 g/mol. The van der Waals surface area contributed by atoms with E-state index in [-0.39, 0.29) is 11.7 Å². The highest BCUT2D eigenvalue weighted by molar-refractivity contribution is 5.95. The van der Waals surface area contributed by atoms with Crippen molar-refractivity contribution in [3.8, 4) is 0 Å². The van der Waals surface area contributed by atoms with E-state index in [9.17, 15) is 4.79 Å². The molecular formula is C14H20O2. The van der Waals surface area contributed by atoms with Gasteiger partial charge in [-0.1, -0.05) is 19.8 Å². The van der Waals surface area contributed by atoms with E-state index in [2.05, 4.69) is 6.92 Å². The zero-order chi connectivity index (χ0) is 11.4. The Bertz CT molecular complexity index is 319. The zero-order valence-electron chi connectivity index (χ0n) is 9.95. The third-order valence-corrected chi connectivity index (χ3v) is 3.68. The molecule has 1 aromatic rings. The standard InChI is InChI=1S/C14H20O2/c1-2-4-11-6-8-12(9-7-11)14(15)13-5-3-10-16-13/h3,5,10-12H,2,4,6-9H2,1H3. The Morgan fingerprint density at radius 2 is 2.12 bits per heavy atom. The maximum absolute atomic E-state index is 12.0. The molecule has 2 nitrogen and oxygen atoms in total. The van der Waals surface area contributed by atoms with Gasteiger partial charge in [-0.3, -0.25) is 4.79 Å². The van der Waals surface area contributed by atoms with Crippen LogP contribution in [0.5, 0.6) is 0 Å². The molecule has 0 atom stereocenters. The van der Waals surface area contributed by atoms with Gasteiger partial charge in [-0.15, -0.1) is 0 Å². The molecule has 1 saturated carbocycles. The minimum Gasteiger partial charge on any atom is -0.461 e. The van der Waals surface area contributed by atoms with Crippen LogP contribution in [0.15, 0.2) is 22.8 Å². The number of hydrogen-bond acceptors (Lipinski definition) is 2. The number of rotatable bonds is 4. The SMILES string of the molecule is CCCC1CCC(C(=O)c2ccco2)CC1. The Hall–Kier alpha value is -1.05. The van der Waals surface area contributed by atoms with Crippen molar-refractivity contribution < 1.29 is 9.21 Å². The molecule has 0 aromatic carbocycles. The van der Waals surface area contributed by atoms with E-state index >= 15 is 0 Å². The summed E-state index contributed by atoms with van der Waals surface area (Å²) in [4.78, 5) is 12.0. The van der Waals surface area contributed by atoms with Crippen LogP contribution < -0.4 is 0 Å². The number of Topliss-reactive ketones (excluding diaryl/α,β-unsaturated/α-hetero) is 1. The van der Waals surface area contributed by atoms with E-state index in [4.69, 9.17) is 4.42 Å². The first kappa shape index (κ1) is 11.4. The second-order valence-corrected chi connectivity index (χ2v) is 4.85. The molecule has 0 aliphatic heterocycles. The van der Waals surface area contributed by atoms with Gasteiger partial charge in [0, 0.05) is 5.92 Å². The molecule has 0 amide bonds. The molecule has 0 bridgehead atoms. The highest BCUT2D eigenvalue weighted by Crippen LogP contribution is 2.33. The maximum Gasteiger partial charge on any atom is 0.201 e. The largest absolute Gasteiger partial charge is 0.461 e. The van der Waals surface area contributed by atoms with E-state index in [1.54, 1.807) is 18.4 Å². The minimum absolute atomic E-state index is 0.208. The van der Waals surface area contributed by atoms with Gasteiger partial charge >= 0.3 is 0 Å². The summed E-state index contributed by atoms with van der Waals surface area (Å²) in [6.07, 6.45) is 8.68. The maximum atomic E-state index is 12.0. The Morgan fingerprint density at radius 1 is 1.38 bits per heavy atom. The fraction of sp³-hybridized carbons (Fsp3) is 0.643. The molecule has 0 saturated heterocycles. The summed E-state index contributed by atoms with van der Waals surface area (Å²) < 4.78 is 5.17. The zero-order valence-corrected chi connectivity index (χ0v) is 9.95. The van der Waals surface area contributed by atoms with Crippen LogP contribution in [0, 0.1) is 11.8 Å². The molecule has 1 aliphatic rings. The first-order chi connectivity index (χ1) is 7.81. The minimum atomic E-state index is 0.208. The van der Waals surface area contributed by atoms with Gasteiger partial charge in [0.1, 0.15) is 0 Å². The third kappa shape index (κ3) is 2.55. The quantitative estimate of drug-likeness (QED) is 0.716. The fourth-order valence-electron chi connectivity index (χ4n) is 2.74. The molecule has 1 aromatic heterocycles. The van der Waals surface area contributed by atoms with Gasteiger partial charge in [0.25, 0.3) is 0 Å². The smallest absolute Gasteiger partial charge is 0.201 e. The lowest BCUT2D eigenvalue weighted by molar-refractivity contribution is 0.0841. The molecule has 1 aliphatic carbocycles. The highest BCUT2D eigenvalue weighted by atomic mass is 16.3. The van der Waals surface area contributed by atoms with Gasteiger partial charge < -0.3 is 4.42 Å². The van der Waals surface area contributed by atoms with Crippen LogP contribution in [0.2, 0.25) is 0 Å².